The Morgan fingerprint density at radius 2 is 1.00 bits per heavy atom. The third-order valence-corrected chi connectivity index (χ3v) is 12.0. The van der Waals surface area contributed by atoms with E-state index in [9.17, 15) is 0 Å². The highest BCUT2D eigenvalue weighted by Crippen LogP contribution is 2.56. The number of fused-ring (bicyclic) bond motifs is 15. The van der Waals surface area contributed by atoms with Crippen LogP contribution >= 0.6 is 0 Å². The second-order valence-electron chi connectivity index (χ2n) is 14.4. The van der Waals surface area contributed by atoms with Gasteiger partial charge in [-0.2, -0.15) is 0 Å². The Morgan fingerprint density at radius 3 is 1.71 bits per heavy atom. The number of para-hydroxylation sites is 4. The third kappa shape index (κ3) is 3.60. The van der Waals surface area contributed by atoms with E-state index in [0.29, 0.717) is 5.92 Å². The zero-order valence-electron chi connectivity index (χ0n) is 27.9. The van der Waals surface area contributed by atoms with Gasteiger partial charge in [0, 0.05) is 57.3 Å². The van der Waals surface area contributed by atoms with Crippen LogP contribution in [0.15, 0.2) is 187 Å². The molecule has 6 aromatic carbocycles. The van der Waals surface area contributed by atoms with Gasteiger partial charge in [0.1, 0.15) is 0 Å². The number of benzene rings is 6. The number of allylic oxidation sites excluding steroid dienone is 8. The lowest BCUT2D eigenvalue weighted by Crippen LogP contribution is -2.61. The van der Waals surface area contributed by atoms with Crippen molar-refractivity contribution in [2.45, 2.75) is 11.8 Å². The number of hydrogen-bond acceptors (Lipinski definition) is 3. The molecule has 0 saturated carbocycles. The van der Waals surface area contributed by atoms with Gasteiger partial charge in [-0.05, 0) is 88.2 Å². The van der Waals surface area contributed by atoms with Crippen LogP contribution < -0.4 is 31.0 Å². The molecule has 0 radical (unpaired) electrons. The maximum absolute atomic E-state index is 2.68. The van der Waals surface area contributed by atoms with Gasteiger partial charge < -0.3 is 14.6 Å². The zero-order valence-corrected chi connectivity index (χ0v) is 27.9. The highest BCUT2D eigenvalue weighted by molar-refractivity contribution is 7.00. The van der Waals surface area contributed by atoms with Crippen LogP contribution in [0.5, 0.6) is 0 Å². The summed E-state index contributed by atoms with van der Waals surface area (Å²) in [6.07, 6.45) is 14.1. The van der Waals surface area contributed by atoms with Crippen LogP contribution in [0.25, 0.3) is 0 Å². The number of anilines is 8. The molecule has 6 aromatic rings. The molecular formula is C46H31B2N3. The van der Waals surface area contributed by atoms with Gasteiger partial charge in [0.25, 0.3) is 6.71 Å². The topological polar surface area (TPSA) is 9.72 Å². The van der Waals surface area contributed by atoms with Gasteiger partial charge in [0.2, 0.25) is 0 Å². The predicted octanol–water partition coefficient (Wildman–Crippen LogP) is 9.16. The highest BCUT2D eigenvalue weighted by atomic mass is 15.2. The summed E-state index contributed by atoms with van der Waals surface area (Å²) < 4.78 is 0. The summed E-state index contributed by atoms with van der Waals surface area (Å²) in [6, 6.07) is 52.0. The fourth-order valence-electron chi connectivity index (χ4n) is 10.0. The van der Waals surface area contributed by atoms with Crippen LogP contribution in [-0.4, -0.2) is 13.6 Å². The second kappa shape index (κ2) is 10.2. The molecule has 0 amide bonds. The minimum absolute atomic E-state index is 0.0716. The standard InChI is InChI=1S/C46H31B2N3/c1-3-14-30(15-4-1)49-41-25-10-8-21-38(41)47-39-29-44-35(28-45(39)50(31-16-5-2-6-17-31)43-27-13-26-42(49)46(43)47)33-20-12-23-37(33)48-36-22-11-19-32(36)34-18-7-9-24-40(34)51(44)48/h1-29,32-33H. The Labute approximate surface area is 299 Å². The molecule has 0 spiro atoms. The van der Waals surface area contributed by atoms with E-state index in [0.717, 1.165) is 0 Å². The van der Waals surface area contributed by atoms with E-state index in [2.05, 4.69) is 191 Å². The summed E-state index contributed by atoms with van der Waals surface area (Å²) in [6.45, 7) is 0.261. The molecule has 51 heavy (non-hydrogen) atoms. The molecule has 0 aromatic heterocycles. The summed E-state index contributed by atoms with van der Waals surface area (Å²) in [4.78, 5) is 7.67. The number of hydrogen-bond donors (Lipinski definition) is 0. The van der Waals surface area contributed by atoms with Crippen molar-refractivity contribution in [1.29, 1.82) is 0 Å². The Bertz CT molecular complexity index is 2590. The number of nitrogens with zero attached hydrogens (tertiary/aromatic N) is 3. The maximum Gasteiger partial charge on any atom is 0.321 e. The summed E-state index contributed by atoms with van der Waals surface area (Å²) in [5.74, 6) is 0.553. The molecule has 0 N–H and O–H groups in total. The van der Waals surface area contributed by atoms with Crippen molar-refractivity contribution in [3.63, 3.8) is 0 Å². The Kier molecular flexibility index (Phi) is 5.51. The van der Waals surface area contributed by atoms with Crippen LogP contribution in [0.4, 0.5) is 45.5 Å². The molecule has 5 heteroatoms. The molecule has 4 aliphatic heterocycles. The first kappa shape index (κ1) is 27.6. The molecule has 12 rings (SSSR count). The molecule has 2 unspecified atom stereocenters. The molecule has 0 saturated heterocycles. The van der Waals surface area contributed by atoms with Crippen molar-refractivity contribution in [1.82, 2.24) is 0 Å². The van der Waals surface area contributed by atoms with Gasteiger partial charge in [0.15, 0.2) is 0 Å². The van der Waals surface area contributed by atoms with Crippen LogP contribution in [-0.2, 0) is 0 Å². The van der Waals surface area contributed by atoms with Gasteiger partial charge in [-0.15, -0.1) is 0 Å². The van der Waals surface area contributed by atoms with Crippen molar-refractivity contribution in [3.05, 3.63) is 198 Å². The Balaban J connectivity index is 1.18. The van der Waals surface area contributed by atoms with Crippen molar-refractivity contribution >= 4 is 75.4 Å². The predicted molar refractivity (Wildman–Crippen MR) is 215 cm³/mol. The van der Waals surface area contributed by atoms with Crippen LogP contribution in [0, 0.1) is 0 Å². The van der Waals surface area contributed by atoms with Gasteiger partial charge in [0.05, 0.1) is 0 Å². The lowest BCUT2D eigenvalue weighted by atomic mass is 9.33. The summed E-state index contributed by atoms with van der Waals surface area (Å²) in [5, 5.41) is 0. The third-order valence-electron chi connectivity index (χ3n) is 12.0. The fourth-order valence-corrected chi connectivity index (χ4v) is 10.0. The van der Waals surface area contributed by atoms with E-state index in [1.54, 1.807) is 0 Å². The summed E-state index contributed by atoms with van der Waals surface area (Å²) in [5.41, 5.74) is 19.7. The van der Waals surface area contributed by atoms with Gasteiger partial charge in [-0.25, -0.2) is 0 Å². The molecule has 236 valence electrons. The van der Waals surface area contributed by atoms with E-state index in [1.165, 1.54) is 84.0 Å². The average Bonchev–Trinajstić information content (AvgIpc) is 3.89. The zero-order chi connectivity index (χ0) is 33.2. The van der Waals surface area contributed by atoms with Gasteiger partial charge in [-0.1, -0.05) is 126 Å². The molecular weight excluding hydrogens is 616 g/mol. The van der Waals surface area contributed by atoms with E-state index in [-0.39, 0.29) is 19.5 Å². The van der Waals surface area contributed by atoms with E-state index >= 15 is 0 Å². The highest BCUT2D eigenvalue weighted by Gasteiger charge is 2.50. The Morgan fingerprint density at radius 1 is 0.431 bits per heavy atom. The Hall–Kier alpha value is -6.19. The van der Waals surface area contributed by atoms with Crippen molar-refractivity contribution in [2.75, 3.05) is 14.6 Å². The molecule has 6 aliphatic rings. The van der Waals surface area contributed by atoms with Gasteiger partial charge in [-0.3, -0.25) is 0 Å². The van der Waals surface area contributed by atoms with E-state index in [1.807, 2.05) is 0 Å². The lowest BCUT2D eigenvalue weighted by molar-refractivity contribution is 0.975. The first-order valence-corrected chi connectivity index (χ1v) is 18.1. The van der Waals surface area contributed by atoms with E-state index in [4.69, 9.17) is 0 Å². The normalized spacial score (nSPS) is 19.3. The minimum Gasteiger partial charge on any atom is -0.377 e. The monoisotopic (exact) mass is 647 g/mol. The smallest absolute Gasteiger partial charge is 0.321 e. The first-order valence-electron chi connectivity index (χ1n) is 18.1. The molecule has 0 fully saturated rings. The fraction of sp³-hybridized carbons (Fsp3) is 0.0435. The minimum atomic E-state index is 0.0716. The maximum atomic E-state index is 2.68. The largest absolute Gasteiger partial charge is 0.377 e. The van der Waals surface area contributed by atoms with Crippen LogP contribution in [0.3, 0.4) is 0 Å². The van der Waals surface area contributed by atoms with E-state index < -0.39 is 0 Å². The van der Waals surface area contributed by atoms with Gasteiger partial charge >= 0.3 is 6.85 Å². The molecule has 0 bridgehead atoms. The van der Waals surface area contributed by atoms with Crippen molar-refractivity contribution < 1.29 is 0 Å². The first-order chi connectivity index (χ1) is 25.3. The summed E-state index contributed by atoms with van der Waals surface area (Å²) in [7, 11) is 0. The van der Waals surface area contributed by atoms with Crippen molar-refractivity contribution in [2.24, 2.45) is 0 Å². The molecule has 3 nitrogen and oxygen atoms in total. The van der Waals surface area contributed by atoms with Crippen molar-refractivity contribution in [3.8, 4) is 0 Å². The molecule has 4 heterocycles. The lowest BCUT2D eigenvalue weighted by Gasteiger charge is -2.49. The van der Waals surface area contributed by atoms with Crippen LogP contribution in [0.2, 0.25) is 0 Å². The number of rotatable bonds is 2. The second-order valence-corrected chi connectivity index (χ2v) is 14.4. The quantitative estimate of drug-likeness (QED) is 0.173. The average molecular weight is 647 g/mol. The molecule has 2 atom stereocenters. The SMILES string of the molecule is C1=CC2C(=C1)B1C3=CC=CC3c3cc4c(cc3N1c1ccccc12)B1c2ccccc2N(c2ccccc2)c2cccc(c21)N4c1ccccc1. The molecule has 2 aliphatic carbocycles. The summed E-state index contributed by atoms with van der Waals surface area (Å²) >= 11 is 0. The van der Waals surface area contributed by atoms with Crippen LogP contribution in [0.1, 0.15) is 23.0 Å².